The molecule has 0 bridgehead atoms. The van der Waals surface area contributed by atoms with Crippen LogP contribution >= 0.6 is 0 Å². The standard InChI is InChI=1S/C19H26N4O/c1-14-6-5-7-16(12-14)18(23(3)4)19(24)22-11-10-21-17-8-9-20-13-15(17)2/h5-9,12-13,18H,10-11H2,1-4H3,(H,20,21)(H,22,24). The topological polar surface area (TPSA) is 57.3 Å². The number of aryl methyl sites for hydroxylation is 2. The number of benzene rings is 1. The van der Waals surface area contributed by atoms with Crippen LogP contribution in [0.1, 0.15) is 22.7 Å². The van der Waals surface area contributed by atoms with Crippen LogP contribution in [0.15, 0.2) is 42.7 Å². The van der Waals surface area contributed by atoms with Gasteiger partial charge >= 0.3 is 0 Å². The summed E-state index contributed by atoms with van der Waals surface area (Å²) in [5.41, 5.74) is 4.30. The lowest BCUT2D eigenvalue weighted by Crippen LogP contribution is -2.39. The Hall–Kier alpha value is -2.40. The van der Waals surface area contributed by atoms with Crippen LogP contribution < -0.4 is 10.6 Å². The van der Waals surface area contributed by atoms with Gasteiger partial charge in [-0.3, -0.25) is 14.7 Å². The number of amides is 1. The van der Waals surface area contributed by atoms with Crippen LogP contribution in [-0.2, 0) is 4.79 Å². The van der Waals surface area contributed by atoms with Gasteiger partial charge in [-0.2, -0.15) is 0 Å². The van der Waals surface area contributed by atoms with Gasteiger partial charge < -0.3 is 10.6 Å². The second-order valence-corrected chi connectivity index (χ2v) is 6.19. The number of hydrogen-bond donors (Lipinski definition) is 2. The third-order valence-corrected chi connectivity index (χ3v) is 3.88. The number of hydrogen-bond acceptors (Lipinski definition) is 4. The number of nitrogens with one attached hydrogen (secondary N) is 2. The molecule has 128 valence electrons. The highest BCUT2D eigenvalue weighted by Crippen LogP contribution is 2.19. The molecule has 1 heterocycles. The lowest BCUT2D eigenvalue weighted by molar-refractivity contribution is -0.125. The van der Waals surface area contributed by atoms with Gasteiger partial charge in [0.2, 0.25) is 5.91 Å². The summed E-state index contributed by atoms with van der Waals surface area (Å²) in [6, 6.07) is 9.73. The summed E-state index contributed by atoms with van der Waals surface area (Å²) in [5.74, 6) is 0.0128. The number of anilines is 1. The average Bonchev–Trinajstić information content (AvgIpc) is 2.53. The van der Waals surface area contributed by atoms with Crippen LogP contribution in [0.2, 0.25) is 0 Å². The zero-order chi connectivity index (χ0) is 17.5. The van der Waals surface area contributed by atoms with Crippen LogP contribution in [-0.4, -0.2) is 43.0 Å². The Bertz CT molecular complexity index is 685. The van der Waals surface area contributed by atoms with E-state index in [0.717, 1.165) is 22.4 Å². The van der Waals surface area contributed by atoms with Crippen molar-refractivity contribution in [3.63, 3.8) is 0 Å². The first-order valence-electron chi connectivity index (χ1n) is 8.14. The predicted octanol–water partition coefficient (Wildman–Crippen LogP) is 2.53. The Labute approximate surface area is 144 Å². The summed E-state index contributed by atoms with van der Waals surface area (Å²) >= 11 is 0. The van der Waals surface area contributed by atoms with Gasteiger partial charge in [0.05, 0.1) is 0 Å². The first-order chi connectivity index (χ1) is 11.5. The molecule has 0 spiro atoms. The van der Waals surface area contributed by atoms with Crippen LogP contribution in [0.4, 0.5) is 5.69 Å². The highest BCUT2D eigenvalue weighted by molar-refractivity contribution is 5.83. The molecule has 1 amide bonds. The van der Waals surface area contributed by atoms with E-state index >= 15 is 0 Å². The molecule has 0 saturated carbocycles. The molecule has 5 nitrogen and oxygen atoms in total. The van der Waals surface area contributed by atoms with E-state index in [1.165, 1.54) is 0 Å². The maximum atomic E-state index is 12.6. The minimum Gasteiger partial charge on any atom is -0.383 e. The lowest BCUT2D eigenvalue weighted by Gasteiger charge is -2.24. The Kier molecular flexibility index (Phi) is 6.32. The number of pyridine rings is 1. The molecule has 0 fully saturated rings. The van der Waals surface area contributed by atoms with Gasteiger partial charge in [0.15, 0.2) is 0 Å². The van der Waals surface area contributed by atoms with Gasteiger partial charge in [-0.05, 0) is 45.1 Å². The molecular weight excluding hydrogens is 300 g/mol. The van der Waals surface area contributed by atoms with E-state index in [1.54, 1.807) is 6.20 Å². The second kappa shape index (κ2) is 8.45. The quantitative estimate of drug-likeness (QED) is 0.768. The molecule has 0 aliphatic heterocycles. The molecule has 1 unspecified atom stereocenters. The molecule has 0 aliphatic rings. The number of nitrogens with zero attached hydrogens (tertiary/aromatic N) is 2. The van der Waals surface area contributed by atoms with E-state index in [9.17, 15) is 4.79 Å². The van der Waals surface area contributed by atoms with Crippen molar-refractivity contribution in [2.24, 2.45) is 0 Å². The first-order valence-corrected chi connectivity index (χ1v) is 8.14. The van der Waals surface area contributed by atoms with Crippen molar-refractivity contribution in [2.45, 2.75) is 19.9 Å². The molecule has 1 aromatic heterocycles. The van der Waals surface area contributed by atoms with Gasteiger partial charge in [-0.15, -0.1) is 0 Å². The zero-order valence-electron chi connectivity index (χ0n) is 14.8. The van der Waals surface area contributed by atoms with Crippen molar-refractivity contribution in [3.05, 3.63) is 59.4 Å². The zero-order valence-corrected chi connectivity index (χ0v) is 14.8. The van der Waals surface area contributed by atoms with E-state index in [-0.39, 0.29) is 11.9 Å². The highest BCUT2D eigenvalue weighted by Gasteiger charge is 2.22. The summed E-state index contributed by atoms with van der Waals surface area (Å²) in [6.07, 6.45) is 3.58. The molecule has 1 atom stereocenters. The van der Waals surface area contributed by atoms with E-state index in [0.29, 0.717) is 13.1 Å². The summed E-state index contributed by atoms with van der Waals surface area (Å²) in [6.45, 7) is 5.28. The van der Waals surface area contributed by atoms with Gasteiger partial charge in [0, 0.05) is 31.2 Å². The molecule has 1 aromatic carbocycles. The minimum absolute atomic E-state index is 0.0128. The Morgan fingerprint density at radius 1 is 1.21 bits per heavy atom. The third-order valence-electron chi connectivity index (χ3n) is 3.88. The average molecular weight is 326 g/mol. The minimum atomic E-state index is -0.285. The Balaban J connectivity index is 1.91. The number of carbonyl (C=O) groups is 1. The number of likely N-dealkylation sites (N-methyl/N-ethyl adjacent to an activating group) is 1. The molecule has 0 aliphatic carbocycles. The fourth-order valence-electron chi connectivity index (χ4n) is 2.68. The van der Waals surface area contributed by atoms with E-state index < -0.39 is 0 Å². The highest BCUT2D eigenvalue weighted by atomic mass is 16.2. The number of rotatable bonds is 7. The summed E-state index contributed by atoms with van der Waals surface area (Å²) in [7, 11) is 3.84. The fourth-order valence-corrected chi connectivity index (χ4v) is 2.68. The van der Waals surface area contributed by atoms with Crippen LogP contribution in [0.25, 0.3) is 0 Å². The molecule has 0 saturated heterocycles. The van der Waals surface area contributed by atoms with Crippen LogP contribution in [0.3, 0.4) is 0 Å². The molecule has 2 rings (SSSR count). The number of aromatic nitrogens is 1. The molecule has 5 heteroatoms. The largest absolute Gasteiger partial charge is 0.383 e. The normalized spacial score (nSPS) is 12.0. The van der Waals surface area contributed by atoms with Crippen molar-refractivity contribution >= 4 is 11.6 Å². The molecule has 0 radical (unpaired) electrons. The summed E-state index contributed by atoms with van der Waals surface area (Å²) in [5, 5.41) is 6.33. The second-order valence-electron chi connectivity index (χ2n) is 6.19. The fraction of sp³-hybridized carbons (Fsp3) is 0.368. The molecule has 24 heavy (non-hydrogen) atoms. The molecule has 2 N–H and O–H groups in total. The van der Waals surface area contributed by atoms with Crippen LogP contribution in [0, 0.1) is 13.8 Å². The van der Waals surface area contributed by atoms with E-state index in [4.69, 9.17) is 0 Å². The van der Waals surface area contributed by atoms with Gasteiger partial charge in [0.25, 0.3) is 0 Å². The predicted molar refractivity (Wildman–Crippen MR) is 98.1 cm³/mol. The molecular formula is C19H26N4O. The van der Waals surface area contributed by atoms with Crippen LogP contribution in [0.5, 0.6) is 0 Å². The SMILES string of the molecule is Cc1cccc(C(C(=O)NCCNc2ccncc2C)N(C)C)c1. The van der Waals surface area contributed by atoms with Crippen molar-refractivity contribution in [2.75, 3.05) is 32.5 Å². The third kappa shape index (κ3) is 4.80. The van der Waals surface area contributed by atoms with Crippen molar-refractivity contribution in [1.29, 1.82) is 0 Å². The summed E-state index contributed by atoms with van der Waals surface area (Å²) < 4.78 is 0. The summed E-state index contributed by atoms with van der Waals surface area (Å²) in [4.78, 5) is 18.6. The Morgan fingerprint density at radius 3 is 2.67 bits per heavy atom. The number of carbonyl (C=O) groups excluding carboxylic acids is 1. The maximum absolute atomic E-state index is 12.6. The smallest absolute Gasteiger partial charge is 0.242 e. The lowest BCUT2D eigenvalue weighted by atomic mass is 10.0. The van der Waals surface area contributed by atoms with Crippen molar-refractivity contribution in [1.82, 2.24) is 15.2 Å². The Morgan fingerprint density at radius 2 is 2.00 bits per heavy atom. The molecule has 2 aromatic rings. The maximum Gasteiger partial charge on any atom is 0.242 e. The monoisotopic (exact) mass is 326 g/mol. The van der Waals surface area contributed by atoms with E-state index in [1.807, 2.05) is 63.3 Å². The first kappa shape index (κ1) is 17.9. The van der Waals surface area contributed by atoms with Crippen molar-refractivity contribution < 1.29 is 4.79 Å². The van der Waals surface area contributed by atoms with E-state index in [2.05, 4.69) is 21.7 Å². The van der Waals surface area contributed by atoms with Gasteiger partial charge in [0.1, 0.15) is 6.04 Å². The van der Waals surface area contributed by atoms with Crippen molar-refractivity contribution in [3.8, 4) is 0 Å². The van der Waals surface area contributed by atoms with Gasteiger partial charge in [-0.1, -0.05) is 29.8 Å². The van der Waals surface area contributed by atoms with Gasteiger partial charge in [-0.25, -0.2) is 0 Å².